The van der Waals surface area contributed by atoms with Crippen LogP contribution in [-0.4, -0.2) is 21.1 Å². The van der Waals surface area contributed by atoms with Crippen LogP contribution < -0.4 is 5.32 Å². The lowest BCUT2D eigenvalue weighted by molar-refractivity contribution is 0.569. The second kappa shape index (κ2) is 5.84. The zero-order valence-corrected chi connectivity index (χ0v) is 11.5. The molecule has 4 heteroatoms. The Labute approximate surface area is 118 Å². The molecule has 1 aromatic carbocycles. The Kier molecular flexibility index (Phi) is 3.74. The van der Waals surface area contributed by atoms with E-state index in [0.717, 1.165) is 24.4 Å². The Hall–Kier alpha value is -2.20. The van der Waals surface area contributed by atoms with Crippen molar-refractivity contribution in [3.05, 3.63) is 66.1 Å². The first kappa shape index (κ1) is 12.8. The van der Waals surface area contributed by atoms with Crippen LogP contribution in [0.25, 0.3) is 5.65 Å². The van der Waals surface area contributed by atoms with Crippen molar-refractivity contribution in [1.82, 2.24) is 19.9 Å². The average molecular weight is 266 g/mol. The zero-order valence-electron chi connectivity index (χ0n) is 11.5. The van der Waals surface area contributed by atoms with Crippen LogP contribution in [0.5, 0.6) is 0 Å². The van der Waals surface area contributed by atoms with Crippen LogP contribution in [-0.2, 0) is 6.42 Å². The highest BCUT2D eigenvalue weighted by molar-refractivity contribution is 5.37. The summed E-state index contributed by atoms with van der Waals surface area (Å²) in [5.74, 6) is 0.994. The van der Waals surface area contributed by atoms with Crippen molar-refractivity contribution in [1.29, 1.82) is 0 Å². The summed E-state index contributed by atoms with van der Waals surface area (Å²) in [5, 5.41) is 11.9. The van der Waals surface area contributed by atoms with Gasteiger partial charge in [0.05, 0.1) is 0 Å². The van der Waals surface area contributed by atoms with Gasteiger partial charge in [0.2, 0.25) is 0 Å². The highest BCUT2D eigenvalue weighted by Crippen LogP contribution is 2.11. The SMILES string of the molecule is CC(NCCc1nnc2ccccn12)c1ccccc1. The molecule has 1 N–H and O–H groups in total. The van der Waals surface area contributed by atoms with E-state index in [0.29, 0.717) is 6.04 Å². The summed E-state index contributed by atoms with van der Waals surface area (Å²) in [6, 6.07) is 16.8. The average Bonchev–Trinajstić information content (AvgIpc) is 2.92. The van der Waals surface area contributed by atoms with E-state index in [-0.39, 0.29) is 0 Å². The van der Waals surface area contributed by atoms with E-state index < -0.39 is 0 Å². The predicted molar refractivity (Wildman–Crippen MR) is 79.6 cm³/mol. The highest BCUT2D eigenvalue weighted by Gasteiger charge is 2.06. The van der Waals surface area contributed by atoms with Crippen molar-refractivity contribution in [2.75, 3.05) is 6.54 Å². The maximum absolute atomic E-state index is 4.24. The molecule has 2 aromatic heterocycles. The van der Waals surface area contributed by atoms with E-state index in [2.05, 4.69) is 46.7 Å². The molecule has 0 saturated heterocycles. The molecule has 0 radical (unpaired) electrons. The van der Waals surface area contributed by atoms with Crippen molar-refractivity contribution >= 4 is 5.65 Å². The molecule has 0 fully saturated rings. The van der Waals surface area contributed by atoms with Crippen LogP contribution in [0.2, 0.25) is 0 Å². The van der Waals surface area contributed by atoms with E-state index in [1.165, 1.54) is 5.56 Å². The molecule has 3 rings (SSSR count). The molecule has 0 amide bonds. The Morgan fingerprint density at radius 1 is 1.05 bits per heavy atom. The van der Waals surface area contributed by atoms with Crippen LogP contribution in [0.1, 0.15) is 24.4 Å². The third-order valence-corrected chi connectivity index (χ3v) is 3.48. The van der Waals surface area contributed by atoms with E-state index in [4.69, 9.17) is 0 Å². The normalized spacial score (nSPS) is 12.7. The van der Waals surface area contributed by atoms with Gasteiger partial charge in [0, 0.05) is 25.2 Å². The maximum atomic E-state index is 4.24. The standard InChI is InChI=1S/C16H18N4/c1-13(14-7-3-2-4-8-14)17-11-10-16-19-18-15-9-5-6-12-20(15)16/h2-9,12-13,17H,10-11H2,1H3. The van der Waals surface area contributed by atoms with Gasteiger partial charge in [0.25, 0.3) is 0 Å². The number of fused-ring (bicyclic) bond motifs is 1. The summed E-state index contributed by atoms with van der Waals surface area (Å²) in [6.07, 6.45) is 2.87. The fourth-order valence-electron chi connectivity index (χ4n) is 2.32. The van der Waals surface area contributed by atoms with Gasteiger partial charge in [-0.15, -0.1) is 10.2 Å². The molecule has 0 bridgehead atoms. The smallest absolute Gasteiger partial charge is 0.160 e. The van der Waals surface area contributed by atoms with E-state index in [1.54, 1.807) is 0 Å². The van der Waals surface area contributed by atoms with Crippen molar-refractivity contribution < 1.29 is 0 Å². The second-order valence-corrected chi connectivity index (χ2v) is 4.88. The van der Waals surface area contributed by atoms with Gasteiger partial charge in [0.1, 0.15) is 5.82 Å². The van der Waals surface area contributed by atoms with Crippen LogP contribution in [0.4, 0.5) is 0 Å². The molecule has 4 nitrogen and oxygen atoms in total. The largest absolute Gasteiger partial charge is 0.310 e. The first-order valence-electron chi connectivity index (χ1n) is 6.91. The topological polar surface area (TPSA) is 42.2 Å². The van der Waals surface area contributed by atoms with Gasteiger partial charge in [-0.3, -0.25) is 4.40 Å². The molecule has 1 atom stereocenters. The second-order valence-electron chi connectivity index (χ2n) is 4.88. The van der Waals surface area contributed by atoms with Gasteiger partial charge in [-0.25, -0.2) is 0 Å². The Morgan fingerprint density at radius 3 is 2.70 bits per heavy atom. The molecule has 3 aromatic rings. The zero-order chi connectivity index (χ0) is 13.8. The number of rotatable bonds is 5. The molecule has 0 aliphatic heterocycles. The fraction of sp³-hybridized carbons (Fsp3) is 0.250. The minimum Gasteiger partial charge on any atom is -0.310 e. The lowest BCUT2D eigenvalue weighted by Gasteiger charge is -2.13. The molecule has 1 unspecified atom stereocenters. The molecule has 0 aliphatic carbocycles. The number of hydrogen-bond donors (Lipinski definition) is 1. The minimum atomic E-state index is 0.343. The summed E-state index contributed by atoms with van der Waals surface area (Å²) in [6.45, 7) is 3.06. The van der Waals surface area contributed by atoms with E-state index in [1.807, 2.05) is 34.9 Å². The highest BCUT2D eigenvalue weighted by atomic mass is 15.2. The van der Waals surface area contributed by atoms with Crippen LogP contribution >= 0.6 is 0 Å². The van der Waals surface area contributed by atoms with Gasteiger partial charge in [-0.2, -0.15) is 0 Å². The van der Waals surface area contributed by atoms with Crippen molar-refractivity contribution in [2.24, 2.45) is 0 Å². The third-order valence-electron chi connectivity index (χ3n) is 3.48. The number of hydrogen-bond acceptors (Lipinski definition) is 3. The monoisotopic (exact) mass is 266 g/mol. The summed E-state index contributed by atoms with van der Waals surface area (Å²) < 4.78 is 2.04. The van der Waals surface area contributed by atoms with Gasteiger partial charge in [-0.05, 0) is 24.6 Å². The van der Waals surface area contributed by atoms with Crippen LogP contribution in [0, 0.1) is 0 Å². The lowest BCUT2D eigenvalue weighted by Crippen LogP contribution is -2.22. The quantitative estimate of drug-likeness (QED) is 0.772. The minimum absolute atomic E-state index is 0.343. The van der Waals surface area contributed by atoms with Gasteiger partial charge in [-0.1, -0.05) is 36.4 Å². The first-order chi connectivity index (χ1) is 9.84. The molecule has 0 aliphatic rings. The Morgan fingerprint density at radius 2 is 1.85 bits per heavy atom. The van der Waals surface area contributed by atoms with Crippen LogP contribution in [0.15, 0.2) is 54.7 Å². The third kappa shape index (κ3) is 2.70. The first-order valence-corrected chi connectivity index (χ1v) is 6.91. The number of nitrogens with one attached hydrogen (secondary N) is 1. The summed E-state index contributed by atoms with van der Waals surface area (Å²) in [4.78, 5) is 0. The number of pyridine rings is 1. The van der Waals surface area contributed by atoms with Gasteiger partial charge >= 0.3 is 0 Å². The molecule has 102 valence electrons. The van der Waals surface area contributed by atoms with Crippen molar-refractivity contribution in [3.8, 4) is 0 Å². The number of nitrogens with zero attached hydrogens (tertiary/aromatic N) is 3. The van der Waals surface area contributed by atoms with Crippen molar-refractivity contribution in [2.45, 2.75) is 19.4 Å². The molecule has 20 heavy (non-hydrogen) atoms. The summed E-state index contributed by atoms with van der Waals surface area (Å²) in [5.41, 5.74) is 2.21. The van der Waals surface area contributed by atoms with Gasteiger partial charge in [0.15, 0.2) is 5.65 Å². The predicted octanol–water partition coefficient (Wildman–Crippen LogP) is 2.62. The maximum Gasteiger partial charge on any atom is 0.160 e. The summed E-state index contributed by atoms with van der Waals surface area (Å²) >= 11 is 0. The van der Waals surface area contributed by atoms with Crippen molar-refractivity contribution in [3.63, 3.8) is 0 Å². The van der Waals surface area contributed by atoms with E-state index in [9.17, 15) is 0 Å². The van der Waals surface area contributed by atoms with Gasteiger partial charge < -0.3 is 5.32 Å². The number of aromatic nitrogens is 3. The van der Waals surface area contributed by atoms with E-state index >= 15 is 0 Å². The lowest BCUT2D eigenvalue weighted by atomic mass is 10.1. The molecule has 0 saturated carbocycles. The molecular weight excluding hydrogens is 248 g/mol. The Balaban J connectivity index is 1.60. The fourth-order valence-corrected chi connectivity index (χ4v) is 2.32. The summed E-state index contributed by atoms with van der Waals surface area (Å²) in [7, 11) is 0. The molecular formula is C16H18N4. The Bertz CT molecular complexity index is 675. The molecule has 2 heterocycles. The van der Waals surface area contributed by atoms with Crippen LogP contribution in [0.3, 0.4) is 0 Å². The number of benzene rings is 1. The molecule has 0 spiro atoms.